The Morgan fingerprint density at radius 3 is 2.19 bits per heavy atom. The third-order valence-corrected chi connectivity index (χ3v) is 4.34. The first-order valence-electron chi connectivity index (χ1n) is 8.31. The first-order chi connectivity index (χ1) is 12.8. The van der Waals surface area contributed by atoms with Crippen LogP contribution in [0.1, 0.15) is 27.5 Å². The normalized spacial score (nSPS) is 15.6. The van der Waals surface area contributed by atoms with E-state index in [0.717, 1.165) is 16.8 Å². The van der Waals surface area contributed by atoms with Gasteiger partial charge >= 0.3 is 0 Å². The van der Waals surface area contributed by atoms with Crippen molar-refractivity contribution in [3.05, 3.63) is 102 Å². The minimum atomic E-state index is -0.730. The van der Waals surface area contributed by atoms with Gasteiger partial charge in [0, 0.05) is 16.7 Å². The van der Waals surface area contributed by atoms with Crippen molar-refractivity contribution in [3.63, 3.8) is 0 Å². The predicted octanol–water partition coefficient (Wildman–Crippen LogP) is 4.49. The zero-order valence-electron chi connectivity index (χ0n) is 13.9. The van der Waals surface area contributed by atoms with Crippen LogP contribution in [0.4, 0.5) is 5.69 Å². The number of hydrogen-bond acceptors (Lipinski definition) is 3. The SMILES string of the molecule is N#CC1c2ccccc2N=C(c2ccccc2)N1C(=O)c1ccccc1. The van der Waals surface area contributed by atoms with Crippen LogP contribution in [0.2, 0.25) is 0 Å². The van der Waals surface area contributed by atoms with E-state index in [1.807, 2.05) is 72.8 Å². The van der Waals surface area contributed by atoms with Crippen LogP contribution in [0.15, 0.2) is 89.9 Å². The highest BCUT2D eigenvalue weighted by Crippen LogP contribution is 2.36. The molecule has 0 aliphatic carbocycles. The van der Waals surface area contributed by atoms with Crippen LogP contribution in [0.25, 0.3) is 0 Å². The maximum absolute atomic E-state index is 13.3. The van der Waals surface area contributed by atoms with Crippen LogP contribution < -0.4 is 0 Å². The van der Waals surface area contributed by atoms with Crippen LogP contribution in [0.3, 0.4) is 0 Å². The lowest BCUT2D eigenvalue weighted by Crippen LogP contribution is -2.41. The van der Waals surface area contributed by atoms with Crippen molar-refractivity contribution in [1.29, 1.82) is 5.26 Å². The van der Waals surface area contributed by atoms with Crippen LogP contribution >= 0.6 is 0 Å². The zero-order valence-corrected chi connectivity index (χ0v) is 13.9. The van der Waals surface area contributed by atoms with Gasteiger partial charge in [-0.2, -0.15) is 5.26 Å². The maximum atomic E-state index is 13.3. The third kappa shape index (κ3) is 2.66. The molecule has 1 aliphatic rings. The summed E-state index contributed by atoms with van der Waals surface area (Å²) in [5.41, 5.74) is 2.77. The van der Waals surface area contributed by atoms with Gasteiger partial charge in [0.1, 0.15) is 5.84 Å². The highest BCUT2D eigenvalue weighted by molar-refractivity contribution is 6.14. The summed E-state index contributed by atoms with van der Waals surface area (Å²) in [5.74, 6) is 0.249. The molecule has 0 radical (unpaired) electrons. The molecule has 0 bridgehead atoms. The average molecular weight is 337 g/mol. The van der Waals surface area contributed by atoms with E-state index in [1.54, 1.807) is 12.1 Å². The van der Waals surface area contributed by atoms with Gasteiger partial charge in [0.15, 0.2) is 6.04 Å². The smallest absolute Gasteiger partial charge is 0.260 e. The lowest BCUT2D eigenvalue weighted by atomic mass is 9.99. The lowest BCUT2D eigenvalue weighted by molar-refractivity contribution is 0.0823. The molecular weight excluding hydrogens is 322 g/mol. The summed E-state index contributed by atoms with van der Waals surface area (Å²) in [6.07, 6.45) is 0. The van der Waals surface area contributed by atoms with Crippen molar-refractivity contribution >= 4 is 17.4 Å². The van der Waals surface area contributed by atoms with Gasteiger partial charge in [-0.1, -0.05) is 66.7 Å². The van der Waals surface area contributed by atoms with Crippen molar-refractivity contribution in [1.82, 2.24) is 4.90 Å². The molecule has 1 unspecified atom stereocenters. The number of carbonyl (C=O) groups excluding carboxylic acids is 1. The lowest BCUT2D eigenvalue weighted by Gasteiger charge is -2.33. The minimum absolute atomic E-state index is 0.241. The molecule has 1 heterocycles. The molecule has 124 valence electrons. The fraction of sp³-hybridized carbons (Fsp3) is 0.0455. The van der Waals surface area contributed by atoms with Gasteiger partial charge in [-0.25, -0.2) is 4.99 Å². The van der Waals surface area contributed by atoms with Crippen molar-refractivity contribution < 1.29 is 4.79 Å². The average Bonchev–Trinajstić information content (AvgIpc) is 2.73. The number of carbonyl (C=O) groups is 1. The second-order valence-corrected chi connectivity index (χ2v) is 5.93. The summed E-state index contributed by atoms with van der Waals surface area (Å²) in [5, 5.41) is 9.87. The van der Waals surface area contributed by atoms with Gasteiger partial charge in [0.05, 0.1) is 11.8 Å². The summed E-state index contributed by atoms with van der Waals surface area (Å²) in [4.78, 5) is 19.5. The number of rotatable bonds is 2. The summed E-state index contributed by atoms with van der Waals surface area (Å²) in [6.45, 7) is 0. The highest BCUT2D eigenvalue weighted by atomic mass is 16.2. The Balaban J connectivity index is 1.92. The molecule has 3 aromatic rings. The quantitative estimate of drug-likeness (QED) is 0.692. The molecule has 0 fully saturated rings. The topological polar surface area (TPSA) is 56.5 Å². The summed E-state index contributed by atoms with van der Waals surface area (Å²) < 4.78 is 0. The monoisotopic (exact) mass is 337 g/mol. The highest BCUT2D eigenvalue weighted by Gasteiger charge is 2.35. The van der Waals surface area contributed by atoms with E-state index in [4.69, 9.17) is 4.99 Å². The Bertz CT molecular complexity index is 1020. The zero-order chi connectivity index (χ0) is 17.9. The number of fused-ring (bicyclic) bond motifs is 1. The molecule has 4 nitrogen and oxygen atoms in total. The van der Waals surface area contributed by atoms with E-state index in [-0.39, 0.29) is 5.91 Å². The number of aliphatic imine (C=N–C) groups is 1. The Morgan fingerprint density at radius 1 is 0.885 bits per heavy atom. The van der Waals surface area contributed by atoms with Crippen LogP contribution in [-0.4, -0.2) is 16.6 Å². The van der Waals surface area contributed by atoms with E-state index in [0.29, 0.717) is 11.4 Å². The number of amides is 1. The van der Waals surface area contributed by atoms with E-state index in [1.165, 1.54) is 4.90 Å². The molecule has 26 heavy (non-hydrogen) atoms. The second-order valence-electron chi connectivity index (χ2n) is 5.93. The summed E-state index contributed by atoms with van der Waals surface area (Å²) >= 11 is 0. The summed E-state index contributed by atoms with van der Waals surface area (Å²) in [6, 6.07) is 27.5. The van der Waals surface area contributed by atoms with Gasteiger partial charge in [0.2, 0.25) is 0 Å². The Labute approximate surface area is 151 Å². The molecule has 0 aromatic heterocycles. The van der Waals surface area contributed by atoms with Crippen LogP contribution in [0.5, 0.6) is 0 Å². The van der Waals surface area contributed by atoms with Gasteiger partial charge < -0.3 is 0 Å². The van der Waals surface area contributed by atoms with Crippen molar-refractivity contribution in [2.24, 2.45) is 4.99 Å². The van der Waals surface area contributed by atoms with Crippen LogP contribution in [-0.2, 0) is 0 Å². The maximum Gasteiger partial charge on any atom is 0.260 e. The first kappa shape index (κ1) is 15.8. The van der Waals surface area contributed by atoms with E-state index >= 15 is 0 Å². The van der Waals surface area contributed by atoms with Crippen molar-refractivity contribution in [2.45, 2.75) is 6.04 Å². The number of amidine groups is 1. The fourth-order valence-electron chi connectivity index (χ4n) is 3.10. The second kappa shape index (κ2) is 6.66. The first-order valence-corrected chi connectivity index (χ1v) is 8.31. The molecule has 1 amide bonds. The number of nitrogens with zero attached hydrogens (tertiary/aromatic N) is 3. The number of benzene rings is 3. The number of para-hydroxylation sites is 1. The molecule has 0 saturated heterocycles. The van der Waals surface area contributed by atoms with Crippen LogP contribution in [0, 0.1) is 11.3 Å². The Hall–Kier alpha value is -3.71. The molecule has 0 saturated carbocycles. The fourth-order valence-corrected chi connectivity index (χ4v) is 3.10. The molecule has 1 atom stereocenters. The molecule has 0 spiro atoms. The number of hydrogen-bond donors (Lipinski definition) is 0. The summed E-state index contributed by atoms with van der Waals surface area (Å²) in [7, 11) is 0. The molecular formula is C22H15N3O. The van der Waals surface area contributed by atoms with Gasteiger partial charge in [0.25, 0.3) is 5.91 Å². The van der Waals surface area contributed by atoms with Crippen molar-refractivity contribution in [3.8, 4) is 6.07 Å². The standard InChI is InChI=1S/C22H15N3O/c23-15-20-18-13-7-8-14-19(18)24-21(16-9-3-1-4-10-16)25(20)22(26)17-11-5-2-6-12-17/h1-14,20H. The third-order valence-electron chi connectivity index (χ3n) is 4.34. The van der Waals surface area contributed by atoms with E-state index < -0.39 is 6.04 Å². The Morgan fingerprint density at radius 2 is 1.50 bits per heavy atom. The molecule has 3 aromatic carbocycles. The minimum Gasteiger partial charge on any atom is -0.271 e. The Kier molecular flexibility index (Phi) is 4.04. The number of nitriles is 1. The molecule has 4 rings (SSSR count). The van der Waals surface area contributed by atoms with Gasteiger partial charge in [-0.15, -0.1) is 0 Å². The molecule has 1 aliphatic heterocycles. The van der Waals surface area contributed by atoms with Gasteiger partial charge in [-0.3, -0.25) is 9.69 Å². The van der Waals surface area contributed by atoms with Gasteiger partial charge in [-0.05, 0) is 18.2 Å². The predicted molar refractivity (Wildman–Crippen MR) is 100 cm³/mol. The van der Waals surface area contributed by atoms with E-state index in [9.17, 15) is 10.1 Å². The van der Waals surface area contributed by atoms with Crippen molar-refractivity contribution in [2.75, 3.05) is 0 Å². The van der Waals surface area contributed by atoms with E-state index in [2.05, 4.69) is 6.07 Å². The molecule has 0 N–H and O–H groups in total. The molecule has 4 heteroatoms. The largest absolute Gasteiger partial charge is 0.271 e.